The van der Waals surface area contributed by atoms with Crippen LogP contribution in [0, 0.1) is 5.92 Å². The van der Waals surface area contributed by atoms with Crippen molar-refractivity contribution in [1.29, 1.82) is 0 Å². The number of amides is 1. The van der Waals surface area contributed by atoms with E-state index < -0.39 is 8.07 Å². The van der Waals surface area contributed by atoms with Crippen molar-refractivity contribution < 1.29 is 24.1 Å². The number of anilines is 1. The fourth-order valence-electron chi connectivity index (χ4n) is 6.27. The molecule has 1 saturated heterocycles. The summed E-state index contributed by atoms with van der Waals surface area (Å²) < 4.78 is 18.3. The number of fused-ring (bicyclic) bond motifs is 1. The van der Waals surface area contributed by atoms with Crippen molar-refractivity contribution in [3.63, 3.8) is 0 Å². The quantitative estimate of drug-likeness (QED) is 0.465. The molecule has 0 radical (unpaired) electrons. The zero-order valence-electron chi connectivity index (χ0n) is 23.0. The summed E-state index contributed by atoms with van der Waals surface area (Å²) in [5.41, 5.74) is 2.12. The molecule has 0 aromatic heterocycles. The Bertz CT molecular complexity index is 1060. The molecule has 2 aliphatic heterocycles. The van der Waals surface area contributed by atoms with Crippen molar-refractivity contribution in [2.45, 2.75) is 76.3 Å². The minimum Gasteiger partial charge on any atom is -0.497 e. The van der Waals surface area contributed by atoms with Gasteiger partial charge in [0, 0.05) is 43.9 Å². The maximum Gasteiger partial charge on any atom is 0.226 e. The summed E-state index contributed by atoms with van der Waals surface area (Å²) in [6.45, 7) is 7.79. The summed E-state index contributed by atoms with van der Waals surface area (Å²) in [4.78, 5) is 14.8. The minimum atomic E-state index is -2.06. The predicted molar refractivity (Wildman–Crippen MR) is 151 cm³/mol. The molecule has 202 valence electrons. The van der Waals surface area contributed by atoms with Gasteiger partial charge in [-0.05, 0) is 55.1 Å². The van der Waals surface area contributed by atoms with E-state index in [1.54, 1.807) is 14.2 Å². The first-order valence-corrected chi connectivity index (χ1v) is 16.8. The average molecular weight is 526 g/mol. The molecule has 2 aromatic carbocycles. The average Bonchev–Trinajstić information content (AvgIpc) is 2.89. The van der Waals surface area contributed by atoms with Crippen LogP contribution in [0.5, 0.6) is 11.5 Å². The van der Waals surface area contributed by atoms with Gasteiger partial charge in [-0.15, -0.1) is 0 Å². The van der Waals surface area contributed by atoms with Gasteiger partial charge in [-0.2, -0.15) is 0 Å². The third-order valence-corrected chi connectivity index (χ3v) is 12.8. The Morgan fingerprint density at radius 1 is 1.08 bits per heavy atom. The number of benzene rings is 2. The third kappa shape index (κ3) is 5.74. The molecule has 0 aliphatic carbocycles. The molecular weight excluding hydrogens is 482 g/mol. The monoisotopic (exact) mass is 525 g/mol. The highest BCUT2D eigenvalue weighted by molar-refractivity contribution is 6.91. The molecule has 1 unspecified atom stereocenters. The fourth-order valence-corrected chi connectivity index (χ4v) is 9.77. The number of aliphatic hydroxyl groups is 1. The number of carbonyl (C=O) groups is 1. The highest BCUT2D eigenvalue weighted by Gasteiger charge is 2.47. The molecule has 2 aromatic rings. The molecule has 37 heavy (non-hydrogen) atoms. The van der Waals surface area contributed by atoms with E-state index in [-0.39, 0.29) is 36.2 Å². The van der Waals surface area contributed by atoms with E-state index in [1.165, 1.54) is 5.19 Å². The van der Waals surface area contributed by atoms with E-state index in [0.29, 0.717) is 12.8 Å². The molecule has 7 heteroatoms. The Morgan fingerprint density at radius 3 is 2.49 bits per heavy atom. The van der Waals surface area contributed by atoms with E-state index in [1.807, 2.05) is 29.2 Å². The highest BCUT2D eigenvalue weighted by atomic mass is 28.3. The van der Waals surface area contributed by atoms with Gasteiger partial charge < -0.3 is 24.2 Å². The molecule has 0 bridgehead atoms. The van der Waals surface area contributed by atoms with Gasteiger partial charge in [0.2, 0.25) is 5.91 Å². The first-order chi connectivity index (χ1) is 17.8. The molecular formula is C30H43NO5Si. The second-order valence-corrected chi connectivity index (χ2v) is 15.9. The van der Waals surface area contributed by atoms with Gasteiger partial charge in [-0.3, -0.25) is 4.79 Å². The second kappa shape index (κ2) is 12.0. The van der Waals surface area contributed by atoms with Gasteiger partial charge >= 0.3 is 0 Å². The van der Waals surface area contributed by atoms with Crippen molar-refractivity contribution in [2.75, 3.05) is 32.3 Å². The van der Waals surface area contributed by atoms with Crippen LogP contribution < -0.4 is 19.6 Å². The Morgan fingerprint density at radius 2 is 1.81 bits per heavy atom. The Balaban J connectivity index is 1.66. The maximum absolute atomic E-state index is 12.9. The lowest BCUT2D eigenvalue weighted by atomic mass is 9.86. The Labute approximate surface area is 222 Å². The fraction of sp³-hybridized carbons (Fsp3) is 0.567. The summed E-state index contributed by atoms with van der Waals surface area (Å²) in [5, 5.41) is 11.4. The molecule has 1 amide bonds. The van der Waals surface area contributed by atoms with E-state index in [2.05, 4.69) is 38.2 Å². The summed E-state index contributed by atoms with van der Waals surface area (Å²) in [5.74, 6) is 1.95. The standard InChI is InChI=1S/C30H43NO5Si/c1-21-29(35-3)25-20-22(31-18-9-7-6-8-10-28(31)33)11-16-26(25)36-30(21)27(17-19-32)37(4,5)24-14-12-23(34-2)13-15-24/h11-16,20-21,27,29-30,32H,6-10,17-19H2,1-5H3/t21-,27?,29-,30-/m1/s1. The number of hydrogen-bond donors (Lipinski definition) is 1. The van der Waals surface area contributed by atoms with E-state index in [9.17, 15) is 9.90 Å². The van der Waals surface area contributed by atoms with Crippen molar-refractivity contribution >= 4 is 24.9 Å². The number of nitrogens with zero attached hydrogens (tertiary/aromatic N) is 1. The van der Waals surface area contributed by atoms with Crippen LogP contribution in [0.15, 0.2) is 42.5 Å². The summed E-state index contributed by atoms with van der Waals surface area (Å²) in [6.07, 6.45) is 5.32. The zero-order valence-corrected chi connectivity index (χ0v) is 24.0. The molecule has 0 spiro atoms. The summed E-state index contributed by atoms with van der Waals surface area (Å²) >= 11 is 0. The van der Waals surface area contributed by atoms with Gasteiger partial charge in [0.25, 0.3) is 0 Å². The molecule has 1 N–H and O–H groups in total. The normalized spacial score (nSPS) is 23.5. The first kappa shape index (κ1) is 27.7. The summed E-state index contributed by atoms with van der Waals surface area (Å²) in [7, 11) is 1.38. The smallest absolute Gasteiger partial charge is 0.226 e. The topological polar surface area (TPSA) is 68.2 Å². The van der Waals surface area contributed by atoms with Crippen LogP contribution in [0.4, 0.5) is 5.69 Å². The number of hydrogen-bond acceptors (Lipinski definition) is 5. The maximum atomic E-state index is 12.9. The van der Waals surface area contributed by atoms with Crippen LogP contribution in [0.1, 0.15) is 57.1 Å². The minimum absolute atomic E-state index is 0.0809. The van der Waals surface area contributed by atoms with Gasteiger partial charge in [0.15, 0.2) is 0 Å². The number of carbonyl (C=O) groups excluding carboxylic acids is 1. The number of rotatable bonds is 8. The number of methoxy groups -OCH3 is 2. The van der Waals surface area contributed by atoms with Gasteiger partial charge in [-0.25, -0.2) is 0 Å². The second-order valence-electron chi connectivity index (χ2n) is 11.1. The first-order valence-electron chi connectivity index (χ1n) is 13.7. The van der Waals surface area contributed by atoms with Crippen LogP contribution in [-0.4, -0.2) is 52.6 Å². The molecule has 0 saturated carbocycles. The van der Waals surface area contributed by atoms with Crippen molar-refractivity contribution in [2.24, 2.45) is 5.92 Å². The lowest BCUT2D eigenvalue weighted by Crippen LogP contribution is -2.54. The third-order valence-electron chi connectivity index (χ3n) is 8.55. The number of ether oxygens (including phenoxy) is 3. The Kier molecular flexibility index (Phi) is 8.98. The molecule has 2 heterocycles. The molecule has 1 fully saturated rings. The van der Waals surface area contributed by atoms with Crippen molar-refractivity contribution in [3.05, 3.63) is 48.0 Å². The molecule has 6 nitrogen and oxygen atoms in total. The van der Waals surface area contributed by atoms with Gasteiger partial charge in [-0.1, -0.05) is 50.2 Å². The van der Waals surface area contributed by atoms with Crippen molar-refractivity contribution in [3.8, 4) is 11.5 Å². The molecule has 2 aliphatic rings. The molecule has 4 atom stereocenters. The SMILES string of the molecule is COc1ccc([Si](C)(C)C(CCO)[C@@H]2Oc3ccc(N4CCCCCCC4=O)cc3[C@H](OC)[C@H]2C)cc1. The van der Waals surface area contributed by atoms with E-state index in [0.717, 1.165) is 55.0 Å². The van der Waals surface area contributed by atoms with Crippen LogP contribution in [0.3, 0.4) is 0 Å². The number of aliphatic hydroxyl groups excluding tert-OH is 1. The van der Waals surface area contributed by atoms with Crippen LogP contribution in [-0.2, 0) is 9.53 Å². The Hall–Kier alpha value is -2.35. The van der Waals surface area contributed by atoms with Crippen molar-refractivity contribution in [1.82, 2.24) is 0 Å². The molecule has 4 rings (SSSR count). The van der Waals surface area contributed by atoms with Crippen LogP contribution in [0.2, 0.25) is 18.6 Å². The lowest BCUT2D eigenvalue weighted by molar-refractivity contribution is -0.118. The zero-order chi connectivity index (χ0) is 26.6. The lowest BCUT2D eigenvalue weighted by Gasteiger charge is -2.46. The predicted octanol–water partition coefficient (Wildman–Crippen LogP) is 5.45. The van der Waals surface area contributed by atoms with Gasteiger partial charge in [0.1, 0.15) is 17.6 Å². The van der Waals surface area contributed by atoms with E-state index in [4.69, 9.17) is 14.2 Å². The van der Waals surface area contributed by atoms with Crippen LogP contribution >= 0.6 is 0 Å². The van der Waals surface area contributed by atoms with E-state index >= 15 is 0 Å². The largest absolute Gasteiger partial charge is 0.497 e. The highest BCUT2D eigenvalue weighted by Crippen LogP contribution is 2.48. The van der Waals surface area contributed by atoms with Gasteiger partial charge in [0.05, 0.1) is 21.3 Å². The summed E-state index contributed by atoms with van der Waals surface area (Å²) in [6, 6.07) is 14.5. The van der Waals surface area contributed by atoms with Crippen LogP contribution in [0.25, 0.3) is 0 Å².